The summed E-state index contributed by atoms with van der Waals surface area (Å²) in [7, 11) is 1.92. The summed E-state index contributed by atoms with van der Waals surface area (Å²) in [5.41, 5.74) is 3.58. The summed E-state index contributed by atoms with van der Waals surface area (Å²) in [6.45, 7) is 1.76. The van der Waals surface area contributed by atoms with Gasteiger partial charge in [-0.3, -0.25) is 9.78 Å². The van der Waals surface area contributed by atoms with Gasteiger partial charge in [0.15, 0.2) is 0 Å². The Kier molecular flexibility index (Phi) is 3.84. The van der Waals surface area contributed by atoms with Gasteiger partial charge in [-0.05, 0) is 46.6 Å². The van der Waals surface area contributed by atoms with Crippen molar-refractivity contribution in [3.63, 3.8) is 0 Å². The van der Waals surface area contributed by atoms with E-state index in [9.17, 15) is 0 Å². The Labute approximate surface area is 125 Å². The number of aromatic amines is 1. The molecular formula is C14H16BrN5. The summed E-state index contributed by atoms with van der Waals surface area (Å²) in [5, 5.41) is 15.8. The first kappa shape index (κ1) is 13.3. The third-order valence-corrected chi connectivity index (χ3v) is 4.37. The molecule has 5 nitrogen and oxygen atoms in total. The average molecular weight is 334 g/mol. The molecule has 0 saturated heterocycles. The molecule has 2 aromatic heterocycles. The molecule has 0 amide bonds. The van der Waals surface area contributed by atoms with E-state index in [1.54, 1.807) is 0 Å². The fourth-order valence-electron chi connectivity index (χ4n) is 2.19. The molecular weight excluding hydrogens is 318 g/mol. The highest BCUT2D eigenvalue weighted by Gasteiger charge is 2.04. The van der Waals surface area contributed by atoms with Crippen LogP contribution in [0.5, 0.6) is 0 Å². The molecule has 0 aliphatic heterocycles. The van der Waals surface area contributed by atoms with Crippen LogP contribution in [0.1, 0.15) is 11.1 Å². The Bertz CT molecular complexity index is 715. The number of aromatic nitrogens is 4. The van der Waals surface area contributed by atoms with Crippen LogP contribution in [0.4, 0.5) is 0 Å². The van der Waals surface area contributed by atoms with Gasteiger partial charge in [0.1, 0.15) is 4.60 Å². The molecule has 0 radical (unpaired) electrons. The van der Waals surface area contributed by atoms with Crippen molar-refractivity contribution in [1.82, 2.24) is 25.3 Å². The predicted molar refractivity (Wildman–Crippen MR) is 82.4 cm³/mol. The SMILES string of the molecule is Cn1ncc(CNCCc2ccc3[nH]ncc3c2)c1Br. The summed E-state index contributed by atoms with van der Waals surface area (Å²) >= 11 is 3.52. The minimum absolute atomic E-state index is 0.822. The van der Waals surface area contributed by atoms with Gasteiger partial charge in [-0.15, -0.1) is 0 Å². The summed E-state index contributed by atoms with van der Waals surface area (Å²) in [6.07, 6.45) is 4.74. The van der Waals surface area contributed by atoms with Gasteiger partial charge in [-0.2, -0.15) is 10.2 Å². The number of hydrogen-bond acceptors (Lipinski definition) is 3. The maximum Gasteiger partial charge on any atom is 0.108 e. The highest BCUT2D eigenvalue weighted by Crippen LogP contribution is 2.15. The Morgan fingerprint density at radius 1 is 1.35 bits per heavy atom. The monoisotopic (exact) mass is 333 g/mol. The number of nitrogens with one attached hydrogen (secondary N) is 2. The van der Waals surface area contributed by atoms with E-state index < -0.39 is 0 Å². The van der Waals surface area contributed by atoms with Crippen molar-refractivity contribution >= 4 is 26.8 Å². The van der Waals surface area contributed by atoms with Crippen molar-refractivity contribution < 1.29 is 0 Å². The third-order valence-electron chi connectivity index (χ3n) is 3.35. The lowest BCUT2D eigenvalue weighted by Crippen LogP contribution is -2.16. The van der Waals surface area contributed by atoms with Gasteiger partial charge in [0, 0.05) is 24.5 Å². The van der Waals surface area contributed by atoms with Gasteiger partial charge >= 0.3 is 0 Å². The van der Waals surface area contributed by atoms with Crippen LogP contribution in [0.15, 0.2) is 35.2 Å². The molecule has 104 valence electrons. The van der Waals surface area contributed by atoms with Crippen molar-refractivity contribution in [1.29, 1.82) is 0 Å². The molecule has 6 heteroatoms. The van der Waals surface area contributed by atoms with Crippen LogP contribution in [-0.2, 0) is 20.0 Å². The first-order valence-electron chi connectivity index (χ1n) is 6.53. The van der Waals surface area contributed by atoms with Gasteiger partial charge in [0.05, 0.1) is 17.9 Å². The van der Waals surface area contributed by atoms with Crippen LogP contribution in [0.2, 0.25) is 0 Å². The number of hydrogen-bond donors (Lipinski definition) is 2. The molecule has 0 saturated carbocycles. The molecule has 20 heavy (non-hydrogen) atoms. The molecule has 0 spiro atoms. The molecule has 0 unspecified atom stereocenters. The number of halogens is 1. The average Bonchev–Trinajstić information content (AvgIpc) is 3.04. The summed E-state index contributed by atoms with van der Waals surface area (Å²) in [4.78, 5) is 0. The number of fused-ring (bicyclic) bond motifs is 1. The van der Waals surface area contributed by atoms with Crippen molar-refractivity contribution in [2.75, 3.05) is 6.54 Å². The zero-order chi connectivity index (χ0) is 13.9. The van der Waals surface area contributed by atoms with Crippen molar-refractivity contribution in [2.24, 2.45) is 7.05 Å². The van der Waals surface area contributed by atoms with E-state index in [0.29, 0.717) is 0 Å². The quantitative estimate of drug-likeness (QED) is 0.705. The number of nitrogens with zero attached hydrogens (tertiary/aromatic N) is 3. The van der Waals surface area contributed by atoms with E-state index >= 15 is 0 Å². The van der Waals surface area contributed by atoms with Gasteiger partial charge < -0.3 is 5.32 Å². The van der Waals surface area contributed by atoms with Crippen molar-refractivity contribution in [3.05, 3.63) is 46.3 Å². The van der Waals surface area contributed by atoms with Crippen LogP contribution in [0, 0.1) is 0 Å². The van der Waals surface area contributed by atoms with E-state index in [0.717, 1.165) is 35.0 Å². The summed E-state index contributed by atoms with van der Waals surface area (Å²) in [6, 6.07) is 6.40. The lowest BCUT2D eigenvalue weighted by Gasteiger charge is -2.04. The van der Waals surface area contributed by atoms with E-state index in [4.69, 9.17) is 0 Å². The van der Waals surface area contributed by atoms with Gasteiger partial charge in [-0.1, -0.05) is 6.07 Å². The highest BCUT2D eigenvalue weighted by molar-refractivity contribution is 9.10. The number of H-pyrrole nitrogens is 1. The van der Waals surface area contributed by atoms with Crippen LogP contribution in [0.25, 0.3) is 10.9 Å². The maximum absolute atomic E-state index is 4.20. The molecule has 3 rings (SSSR count). The topological polar surface area (TPSA) is 58.5 Å². The van der Waals surface area contributed by atoms with Crippen LogP contribution in [0.3, 0.4) is 0 Å². The normalized spacial score (nSPS) is 11.3. The first-order chi connectivity index (χ1) is 9.74. The second kappa shape index (κ2) is 5.76. The summed E-state index contributed by atoms with van der Waals surface area (Å²) in [5.74, 6) is 0. The van der Waals surface area contributed by atoms with E-state index in [1.807, 2.05) is 24.1 Å². The molecule has 1 aromatic carbocycles. The first-order valence-corrected chi connectivity index (χ1v) is 7.32. The minimum atomic E-state index is 0.822. The van der Waals surface area contributed by atoms with E-state index in [1.165, 1.54) is 11.1 Å². The molecule has 0 aliphatic rings. The lowest BCUT2D eigenvalue weighted by molar-refractivity contribution is 0.682. The van der Waals surface area contributed by atoms with E-state index in [-0.39, 0.29) is 0 Å². The maximum atomic E-state index is 4.20. The number of benzene rings is 1. The van der Waals surface area contributed by atoms with E-state index in [2.05, 4.69) is 54.7 Å². The predicted octanol–water partition coefficient (Wildman–Crippen LogP) is 2.39. The molecule has 0 bridgehead atoms. The lowest BCUT2D eigenvalue weighted by atomic mass is 10.1. The second-order valence-electron chi connectivity index (χ2n) is 4.80. The molecule has 3 aromatic rings. The molecule has 0 atom stereocenters. The molecule has 0 fully saturated rings. The molecule has 2 N–H and O–H groups in total. The zero-order valence-electron chi connectivity index (χ0n) is 11.2. The van der Waals surface area contributed by atoms with Crippen LogP contribution in [-0.4, -0.2) is 26.5 Å². The number of rotatable bonds is 5. The fraction of sp³-hybridized carbons (Fsp3) is 0.286. The molecule has 2 heterocycles. The highest BCUT2D eigenvalue weighted by atomic mass is 79.9. The Morgan fingerprint density at radius 2 is 2.25 bits per heavy atom. The smallest absolute Gasteiger partial charge is 0.108 e. The van der Waals surface area contributed by atoms with Gasteiger partial charge in [0.2, 0.25) is 0 Å². The van der Waals surface area contributed by atoms with Crippen LogP contribution < -0.4 is 5.32 Å². The largest absolute Gasteiger partial charge is 0.312 e. The molecule has 0 aliphatic carbocycles. The minimum Gasteiger partial charge on any atom is -0.312 e. The Morgan fingerprint density at radius 3 is 3.05 bits per heavy atom. The summed E-state index contributed by atoms with van der Waals surface area (Å²) < 4.78 is 2.86. The van der Waals surface area contributed by atoms with Crippen molar-refractivity contribution in [2.45, 2.75) is 13.0 Å². The second-order valence-corrected chi connectivity index (χ2v) is 5.55. The number of aryl methyl sites for hydroxylation is 1. The standard InChI is InChI=1S/C14H16BrN5/c1-20-14(15)12(9-18-20)7-16-5-4-10-2-3-13-11(6-10)8-17-19-13/h2-3,6,8-9,16H,4-5,7H2,1H3,(H,17,19). The van der Waals surface area contributed by atoms with Gasteiger partial charge in [-0.25, -0.2) is 0 Å². The Balaban J connectivity index is 1.53. The third kappa shape index (κ3) is 2.76. The van der Waals surface area contributed by atoms with Crippen molar-refractivity contribution in [3.8, 4) is 0 Å². The van der Waals surface area contributed by atoms with Gasteiger partial charge in [0.25, 0.3) is 0 Å². The Hall–Kier alpha value is -1.66. The zero-order valence-corrected chi connectivity index (χ0v) is 12.8. The fourth-order valence-corrected chi connectivity index (χ4v) is 2.52. The van der Waals surface area contributed by atoms with Crippen LogP contribution >= 0.6 is 15.9 Å².